The largest absolute Gasteiger partial charge is 0.461 e. The Morgan fingerprint density at radius 2 is 1.90 bits per heavy atom. The number of amides is 1. The highest BCUT2D eigenvalue weighted by Gasteiger charge is 2.64. The van der Waals surface area contributed by atoms with Gasteiger partial charge in [0.05, 0.1) is 11.3 Å². The molecule has 0 spiro atoms. The number of aryl methyl sites for hydroxylation is 2. The van der Waals surface area contributed by atoms with Gasteiger partial charge in [-0.25, -0.2) is 4.98 Å². The van der Waals surface area contributed by atoms with E-state index >= 15 is 0 Å². The molecular formula is C29H25F3N4O3. The van der Waals surface area contributed by atoms with Gasteiger partial charge in [0.2, 0.25) is 0 Å². The number of aromatic nitrogens is 2. The second kappa shape index (κ2) is 10.0. The van der Waals surface area contributed by atoms with Gasteiger partial charge in [-0.05, 0) is 85.5 Å². The number of allylic oxidation sites excluding steroid dienone is 1. The van der Waals surface area contributed by atoms with Crippen LogP contribution in [0.1, 0.15) is 46.5 Å². The normalized spacial score (nSPS) is 14.6. The number of halogens is 3. The van der Waals surface area contributed by atoms with Gasteiger partial charge in [0.1, 0.15) is 22.7 Å². The van der Waals surface area contributed by atoms with Crippen molar-refractivity contribution in [3.8, 4) is 11.3 Å². The maximum Gasteiger partial charge on any atom is 0.411 e. The van der Waals surface area contributed by atoms with Crippen LogP contribution in [0.3, 0.4) is 0 Å². The van der Waals surface area contributed by atoms with Gasteiger partial charge in [-0.15, -0.1) is 0 Å². The third-order valence-corrected chi connectivity index (χ3v) is 6.71. The van der Waals surface area contributed by atoms with Crippen molar-refractivity contribution >= 4 is 34.6 Å². The third kappa shape index (κ3) is 5.69. The molecule has 39 heavy (non-hydrogen) atoms. The van der Waals surface area contributed by atoms with Gasteiger partial charge >= 0.3 is 6.18 Å². The summed E-state index contributed by atoms with van der Waals surface area (Å²) in [6, 6.07) is 12.2. The molecule has 7 nitrogen and oxygen atoms in total. The zero-order valence-electron chi connectivity index (χ0n) is 21.0. The Morgan fingerprint density at radius 1 is 1.10 bits per heavy atom. The number of ketones is 1. The van der Waals surface area contributed by atoms with Gasteiger partial charge < -0.3 is 15.5 Å². The molecule has 1 saturated carbocycles. The lowest BCUT2D eigenvalue weighted by Gasteiger charge is -2.20. The monoisotopic (exact) mass is 534 g/mol. The van der Waals surface area contributed by atoms with Crippen LogP contribution in [-0.4, -0.2) is 33.4 Å². The molecule has 5 rings (SSSR count). The summed E-state index contributed by atoms with van der Waals surface area (Å²) >= 11 is 0. The van der Waals surface area contributed by atoms with Gasteiger partial charge in [0.15, 0.2) is 5.78 Å². The molecule has 0 bridgehead atoms. The Balaban J connectivity index is 1.25. The molecule has 0 aliphatic heterocycles. The van der Waals surface area contributed by atoms with E-state index in [-0.39, 0.29) is 30.6 Å². The Hall–Kier alpha value is -4.47. The number of carbonyl (C=O) groups excluding carboxylic acids is 2. The van der Waals surface area contributed by atoms with Crippen LogP contribution in [0.15, 0.2) is 65.4 Å². The van der Waals surface area contributed by atoms with E-state index in [0.29, 0.717) is 29.3 Å². The second-order valence-electron chi connectivity index (χ2n) is 9.71. The van der Waals surface area contributed by atoms with Gasteiger partial charge in [0.25, 0.3) is 5.91 Å². The molecular weight excluding hydrogens is 509 g/mol. The molecule has 0 unspecified atom stereocenters. The van der Waals surface area contributed by atoms with Crippen LogP contribution in [0, 0.1) is 6.92 Å². The quantitative estimate of drug-likeness (QED) is 0.276. The number of nitrogen functional groups attached to an aromatic ring is 1. The smallest absolute Gasteiger partial charge is 0.411 e. The maximum atomic E-state index is 13.2. The number of rotatable bonds is 8. The average molecular weight is 535 g/mol. The van der Waals surface area contributed by atoms with Crippen molar-refractivity contribution in [1.82, 2.24) is 15.3 Å². The summed E-state index contributed by atoms with van der Waals surface area (Å²) in [7, 11) is 0. The molecule has 1 amide bonds. The Bertz CT molecular complexity index is 1570. The minimum Gasteiger partial charge on any atom is -0.461 e. The number of alkyl halides is 3. The van der Waals surface area contributed by atoms with Crippen molar-refractivity contribution in [2.24, 2.45) is 0 Å². The summed E-state index contributed by atoms with van der Waals surface area (Å²) < 4.78 is 45.5. The van der Waals surface area contributed by atoms with Gasteiger partial charge in [-0.2, -0.15) is 13.2 Å². The molecule has 1 aromatic carbocycles. The molecule has 1 aliphatic carbocycles. The van der Waals surface area contributed by atoms with E-state index in [9.17, 15) is 22.8 Å². The Kier molecular flexibility index (Phi) is 6.71. The lowest BCUT2D eigenvalue weighted by molar-refractivity contribution is -0.163. The van der Waals surface area contributed by atoms with Crippen molar-refractivity contribution in [1.29, 1.82) is 0 Å². The minimum atomic E-state index is -4.48. The summed E-state index contributed by atoms with van der Waals surface area (Å²) in [5.74, 6) is 0.221. The molecule has 1 fully saturated rings. The molecule has 200 valence electrons. The summed E-state index contributed by atoms with van der Waals surface area (Å²) in [6.07, 6.45) is 2.03. The predicted molar refractivity (Wildman–Crippen MR) is 141 cm³/mol. The van der Waals surface area contributed by atoms with Gasteiger partial charge in [0, 0.05) is 36.2 Å². The number of nitrogens with zero attached hydrogens (tertiary/aromatic N) is 2. The van der Waals surface area contributed by atoms with Crippen LogP contribution in [-0.2, 0) is 11.2 Å². The van der Waals surface area contributed by atoms with E-state index in [1.54, 1.807) is 30.5 Å². The van der Waals surface area contributed by atoms with Crippen LogP contribution in [0.25, 0.3) is 28.3 Å². The lowest BCUT2D eigenvalue weighted by Crippen LogP contribution is -2.47. The van der Waals surface area contributed by atoms with Crippen LogP contribution < -0.4 is 11.1 Å². The molecule has 1 aliphatic rings. The van der Waals surface area contributed by atoms with E-state index in [1.165, 1.54) is 18.3 Å². The van der Waals surface area contributed by atoms with Gasteiger partial charge in [-0.1, -0.05) is 0 Å². The number of hydrogen-bond donors (Lipinski definition) is 2. The first-order valence-electron chi connectivity index (χ1n) is 12.3. The fourth-order valence-electron chi connectivity index (χ4n) is 4.28. The fourth-order valence-corrected chi connectivity index (χ4v) is 4.28. The van der Waals surface area contributed by atoms with Crippen LogP contribution in [0.4, 0.5) is 19.0 Å². The standard InChI is InChI=1S/C29H25F3N4O3/c1-17-12-20(24-8-4-19(16-34-24)27(38)36-28(10-11-28)29(30,31)32)13-21-14-23(39-26(17)21)7-6-22(37)5-2-18-3-9-25(33)35-15-18/h2-5,8-9,12-16H,6-7,10-11H2,1H3,(H2,33,35)(H,36,38)/b5-2+. The molecule has 0 atom stereocenters. The first-order valence-corrected chi connectivity index (χ1v) is 12.3. The van der Waals surface area contributed by atoms with Crippen molar-refractivity contribution in [2.45, 2.75) is 44.3 Å². The summed E-state index contributed by atoms with van der Waals surface area (Å²) in [5, 5.41) is 2.94. The fraction of sp³-hybridized carbons (Fsp3) is 0.241. The number of fused-ring (bicyclic) bond motifs is 1. The van der Waals surface area contributed by atoms with E-state index in [1.807, 2.05) is 25.1 Å². The highest BCUT2D eigenvalue weighted by Crippen LogP contribution is 2.49. The number of nitrogens with two attached hydrogens (primary N) is 1. The van der Waals surface area contributed by atoms with E-state index in [0.717, 1.165) is 22.1 Å². The molecule has 10 heteroatoms. The lowest BCUT2D eigenvalue weighted by atomic mass is 10.0. The third-order valence-electron chi connectivity index (χ3n) is 6.71. The predicted octanol–water partition coefficient (Wildman–Crippen LogP) is 5.82. The molecule has 4 aromatic rings. The number of pyridine rings is 2. The Labute approximate surface area is 221 Å². The number of carbonyl (C=O) groups is 2. The topological polar surface area (TPSA) is 111 Å². The van der Waals surface area contributed by atoms with Crippen molar-refractivity contribution in [3.63, 3.8) is 0 Å². The van der Waals surface area contributed by atoms with Gasteiger partial charge in [-0.3, -0.25) is 14.6 Å². The summed E-state index contributed by atoms with van der Waals surface area (Å²) in [5.41, 5.74) is 7.17. The summed E-state index contributed by atoms with van der Waals surface area (Å²) in [4.78, 5) is 33.0. The number of nitrogens with one attached hydrogen (secondary N) is 1. The first kappa shape index (κ1) is 26.1. The van der Waals surface area contributed by atoms with Crippen molar-refractivity contribution < 1.29 is 27.2 Å². The number of benzene rings is 1. The molecule has 3 heterocycles. The van der Waals surface area contributed by atoms with Crippen LogP contribution in [0.5, 0.6) is 0 Å². The van der Waals surface area contributed by atoms with Crippen molar-refractivity contribution in [2.75, 3.05) is 5.73 Å². The van der Waals surface area contributed by atoms with E-state index in [4.69, 9.17) is 10.2 Å². The zero-order chi connectivity index (χ0) is 27.8. The number of anilines is 1. The van der Waals surface area contributed by atoms with E-state index < -0.39 is 17.6 Å². The highest BCUT2D eigenvalue weighted by atomic mass is 19.4. The maximum absolute atomic E-state index is 13.2. The van der Waals surface area contributed by atoms with Crippen molar-refractivity contribution in [3.05, 3.63) is 83.4 Å². The van der Waals surface area contributed by atoms with Crippen LogP contribution >= 0.6 is 0 Å². The Morgan fingerprint density at radius 3 is 2.54 bits per heavy atom. The molecule has 3 N–H and O–H groups in total. The molecule has 0 radical (unpaired) electrons. The number of hydrogen-bond acceptors (Lipinski definition) is 6. The first-order chi connectivity index (χ1) is 18.5. The minimum absolute atomic E-state index is 0.0548. The van der Waals surface area contributed by atoms with E-state index in [2.05, 4.69) is 15.3 Å². The number of furan rings is 1. The SMILES string of the molecule is Cc1cc(-c2ccc(C(=O)NC3(C(F)(F)F)CC3)cn2)cc2cc(CCC(=O)/C=C/c3ccc(N)nc3)oc12. The average Bonchev–Trinajstić information content (AvgIpc) is 3.58. The second-order valence-corrected chi connectivity index (χ2v) is 9.71. The summed E-state index contributed by atoms with van der Waals surface area (Å²) in [6.45, 7) is 1.89. The molecule has 0 saturated heterocycles. The van der Waals surface area contributed by atoms with Crippen LogP contribution in [0.2, 0.25) is 0 Å². The zero-order valence-corrected chi connectivity index (χ0v) is 21.0. The molecule has 3 aromatic heterocycles. The highest BCUT2D eigenvalue weighted by molar-refractivity contribution is 5.95.